The fourth-order valence-electron chi connectivity index (χ4n) is 3.35. The summed E-state index contributed by atoms with van der Waals surface area (Å²) >= 11 is 0. The van der Waals surface area contributed by atoms with Crippen LogP contribution < -0.4 is 20.7 Å². The minimum absolute atomic E-state index is 0.252. The van der Waals surface area contributed by atoms with Gasteiger partial charge >= 0.3 is 0 Å². The third kappa shape index (κ3) is 3.45. The molecule has 0 fully saturated rings. The lowest BCUT2D eigenvalue weighted by atomic mass is 10.0. The number of aryl methyl sites for hydroxylation is 3. The van der Waals surface area contributed by atoms with E-state index >= 15 is 0 Å². The molecule has 1 aliphatic heterocycles. The summed E-state index contributed by atoms with van der Waals surface area (Å²) in [5.74, 6) is 0.308. The summed E-state index contributed by atoms with van der Waals surface area (Å²) in [7, 11) is 0. The van der Waals surface area contributed by atoms with Crippen molar-refractivity contribution in [1.29, 1.82) is 0 Å². The Morgan fingerprint density at radius 1 is 1.26 bits per heavy atom. The lowest BCUT2D eigenvalue weighted by Gasteiger charge is -2.35. The zero-order valence-corrected chi connectivity index (χ0v) is 16.2. The zero-order chi connectivity index (χ0) is 19.9. The Kier molecular flexibility index (Phi) is 4.78. The first-order valence-electron chi connectivity index (χ1n) is 8.84. The van der Waals surface area contributed by atoms with Crippen LogP contribution in [0.15, 0.2) is 24.3 Å². The van der Waals surface area contributed by atoms with E-state index in [9.17, 15) is 9.59 Å². The van der Waals surface area contributed by atoms with E-state index in [1.54, 1.807) is 26.0 Å². The van der Waals surface area contributed by atoms with Gasteiger partial charge in [0.1, 0.15) is 11.9 Å². The lowest BCUT2D eigenvalue weighted by Crippen LogP contribution is -2.53. The van der Waals surface area contributed by atoms with Gasteiger partial charge in [-0.05, 0) is 57.9 Å². The van der Waals surface area contributed by atoms with Crippen LogP contribution in [0.1, 0.15) is 30.5 Å². The summed E-state index contributed by atoms with van der Waals surface area (Å²) < 4.78 is 5.59. The predicted molar refractivity (Wildman–Crippen MR) is 105 cm³/mol. The van der Waals surface area contributed by atoms with Gasteiger partial charge in [0.25, 0.3) is 5.91 Å². The van der Waals surface area contributed by atoms with Crippen molar-refractivity contribution in [3.8, 4) is 5.75 Å². The van der Waals surface area contributed by atoms with Crippen molar-refractivity contribution < 1.29 is 14.3 Å². The van der Waals surface area contributed by atoms with Crippen molar-refractivity contribution in [1.82, 2.24) is 4.98 Å². The highest BCUT2D eigenvalue weighted by atomic mass is 16.5. The van der Waals surface area contributed by atoms with Gasteiger partial charge in [-0.1, -0.05) is 17.7 Å². The molecule has 0 radical (unpaired) electrons. The van der Waals surface area contributed by atoms with Crippen LogP contribution in [0.5, 0.6) is 5.75 Å². The molecule has 27 heavy (non-hydrogen) atoms. The van der Waals surface area contributed by atoms with Crippen molar-refractivity contribution in [3.63, 3.8) is 0 Å². The van der Waals surface area contributed by atoms with Crippen molar-refractivity contribution in [2.75, 3.05) is 16.0 Å². The van der Waals surface area contributed by atoms with Gasteiger partial charge in [-0.2, -0.15) is 0 Å². The average molecular weight is 368 g/mol. The molecule has 7 nitrogen and oxygen atoms in total. The van der Waals surface area contributed by atoms with Gasteiger partial charge in [0, 0.05) is 5.69 Å². The predicted octanol–water partition coefficient (Wildman–Crippen LogP) is 2.73. The number of nitrogens with one attached hydrogen (secondary N) is 1. The molecular weight excluding hydrogens is 344 g/mol. The van der Waals surface area contributed by atoms with Gasteiger partial charge in [0.15, 0.2) is 17.7 Å². The van der Waals surface area contributed by atoms with Crippen LogP contribution in [0.25, 0.3) is 0 Å². The smallest absolute Gasteiger partial charge is 0.269 e. The van der Waals surface area contributed by atoms with Crippen LogP contribution in [0, 0.1) is 20.8 Å². The molecule has 0 saturated heterocycles. The van der Waals surface area contributed by atoms with Crippen LogP contribution in [0.4, 0.5) is 17.3 Å². The molecule has 2 unspecified atom stereocenters. The van der Waals surface area contributed by atoms with Gasteiger partial charge in [-0.15, -0.1) is 0 Å². The molecule has 2 atom stereocenters. The van der Waals surface area contributed by atoms with E-state index in [1.807, 2.05) is 32.9 Å². The molecule has 1 aromatic heterocycles. The fourth-order valence-corrected chi connectivity index (χ4v) is 3.35. The number of rotatable bonds is 3. The third-order valence-electron chi connectivity index (χ3n) is 4.67. The van der Waals surface area contributed by atoms with Gasteiger partial charge in [-0.3, -0.25) is 14.5 Å². The van der Waals surface area contributed by atoms with Gasteiger partial charge in [-0.25, -0.2) is 4.98 Å². The highest BCUT2D eigenvalue weighted by Crippen LogP contribution is 2.34. The van der Waals surface area contributed by atoms with Crippen LogP contribution in [0.2, 0.25) is 0 Å². The first-order valence-corrected chi connectivity index (χ1v) is 8.84. The van der Waals surface area contributed by atoms with Crippen molar-refractivity contribution in [2.45, 2.75) is 46.8 Å². The number of aromatic nitrogens is 1. The number of benzene rings is 1. The molecular formula is C20H24N4O3. The molecule has 0 spiro atoms. The van der Waals surface area contributed by atoms with Crippen LogP contribution >= 0.6 is 0 Å². The van der Waals surface area contributed by atoms with Crippen LogP contribution in [-0.4, -0.2) is 28.9 Å². The first-order chi connectivity index (χ1) is 12.7. The highest BCUT2D eigenvalue weighted by molar-refractivity contribution is 6.07. The Morgan fingerprint density at radius 2 is 1.89 bits per heavy atom. The Bertz CT molecular complexity index is 902. The maximum absolute atomic E-state index is 12.9. The molecule has 0 aliphatic carbocycles. The average Bonchev–Trinajstić information content (AvgIpc) is 2.59. The van der Waals surface area contributed by atoms with E-state index in [-0.39, 0.29) is 23.5 Å². The number of amides is 2. The maximum atomic E-state index is 12.9. The number of pyridine rings is 1. The minimum Gasteiger partial charge on any atom is -0.477 e. The topological polar surface area (TPSA) is 97.5 Å². The van der Waals surface area contributed by atoms with E-state index in [1.165, 1.54) is 4.90 Å². The molecule has 1 aromatic carbocycles. The molecule has 0 bridgehead atoms. The monoisotopic (exact) mass is 368 g/mol. The minimum atomic E-state index is -0.781. The number of carbonyl (C=O) groups excluding carboxylic acids is 2. The Labute approximate surface area is 158 Å². The normalized spacial score (nSPS) is 17.1. The van der Waals surface area contributed by atoms with Crippen molar-refractivity contribution in [3.05, 3.63) is 41.0 Å². The van der Waals surface area contributed by atoms with E-state index in [0.717, 1.165) is 22.4 Å². The number of nitrogens with two attached hydrogens (primary N) is 1. The quantitative estimate of drug-likeness (QED) is 0.868. The standard InChI is InChI=1S/C20H24N4O3/c1-10-8-11(2)17(12(3)9-10)23-19(25)13(4)24-18-15(6-7-16(21)22-18)27-14(5)20(24)26/h6-9,13-14H,1-5H3,(H2,21,22)(H,23,25). The number of nitrogens with zero attached hydrogens (tertiary/aromatic N) is 2. The summed E-state index contributed by atoms with van der Waals surface area (Å²) in [6.07, 6.45) is -0.707. The molecule has 3 N–H and O–H groups in total. The summed E-state index contributed by atoms with van der Waals surface area (Å²) in [5.41, 5.74) is 9.60. The lowest BCUT2D eigenvalue weighted by molar-refractivity contribution is -0.128. The second-order valence-electron chi connectivity index (χ2n) is 6.97. The largest absolute Gasteiger partial charge is 0.477 e. The Balaban J connectivity index is 1.93. The number of hydrogen-bond acceptors (Lipinski definition) is 5. The molecule has 0 saturated carbocycles. The zero-order valence-electron chi connectivity index (χ0n) is 16.2. The SMILES string of the molecule is Cc1cc(C)c(NC(=O)C(C)N2C(=O)C(C)Oc3ccc(N)nc32)c(C)c1. The number of anilines is 3. The van der Waals surface area contributed by atoms with Crippen molar-refractivity contribution >= 4 is 29.1 Å². The van der Waals surface area contributed by atoms with Crippen molar-refractivity contribution in [2.24, 2.45) is 0 Å². The van der Waals surface area contributed by atoms with Gasteiger partial charge in [0.05, 0.1) is 0 Å². The van der Waals surface area contributed by atoms with E-state index in [2.05, 4.69) is 10.3 Å². The van der Waals surface area contributed by atoms with E-state index in [0.29, 0.717) is 5.75 Å². The Morgan fingerprint density at radius 3 is 2.52 bits per heavy atom. The molecule has 1 aliphatic rings. The summed E-state index contributed by atoms with van der Waals surface area (Å²) in [5, 5.41) is 2.95. The summed E-state index contributed by atoms with van der Waals surface area (Å²) in [6, 6.07) is 6.49. The molecule has 2 amide bonds. The number of fused-ring (bicyclic) bond motifs is 1. The van der Waals surface area contributed by atoms with Crippen LogP contribution in [-0.2, 0) is 9.59 Å². The van der Waals surface area contributed by atoms with Crippen LogP contribution in [0.3, 0.4) is 0 Å². The summed E-state index contributed by atoms with van der Waals surface area (Å²) in [4.78, 5) is 31.2. The maximum Gasteiger partial charge on any atom is 0.269 e. The highest BCUT2D eigenvalue weighted by Gasteiger charge is 2.38. The molecule has 142 valence electrons. The number of nitrogen functional groups attached to an aromatic ring is 1. The second-order valence-corrected chi connectivity index (χ2v) is 6.97. The number of ether oxygens (including phenoxy) is 1. The first kappa shape index (κ1) is 18.7. The van der Waals surface area contributed by atoms with Gasteiger partial charge < -0.3 is 15.8 Å². The molecule has 2 aromatic rings. The third-order valence-corrected chi connectivity index (χ3v) is 4.67. The number of carbonyl (C=O) groups is 2. The molecule has 7 heteroatoms. The fraction of sp³-hybridized carbons (Fsp3) is 0.350. The Hall–Kier alpha value is -3.09. The molecule has 3 rings (SSSR count). The van der Waals surface area contributed by atoms with E-state index < -0.39 is 12.1 Å². The summed E-state index contributed by atoms with van der Waals surface area (Å²) in [6.45, 7) is 9.21. The van der Waals surface area contributed by atoms with E-state index in [4.69, 9.17) is 10.5 Å². The second kappa shape index (κ2) is 6.90. The molecule has 2 heterocycles. The number of hydrogen-bond donors (Lipinski definition) is 2. The van der Waals surface area contributed by atoms with Gasteiger partial charge in [0.2, 0.25) is 5.91 Å².